The van der Waals surface area contributed by atoms with E-state index in [-0.39, 0.29) is 30.6 Å². The van der Waals surface area contributed by atoms with Crippen molar-refractivity contribution in [3.63, 3.8) is 0 Å². The number of carbonyl (C=O) groups excluding carboxylic acids is 1. The Kier molecular flexibility index (Phi) is 5.85. The number of hydrogen-bond acceptors (Lipinski definition) is 5. The number of amides is 1. The second kappa shape index (κ2) is 9.18. The lowest BCUT2D eigenvalue weighted by Gasteiger charge is -2.48. The highest BCUT2D eigenvalue weighted by atomic mass is 19.4. The standard InChI is InChI=1S/C29H26F5N7O/c1-39-16-36-38-25(39)8-27(14-28(30,31)15-27)19-3-2-4-20(7-19)41-12-22-21(26(41)42)5-17(6-23(22)29(32,33)34)10-40-11-18-9-35-37-24(18)13-40/h2-7,9,16H,8,10-15H2,1H3,(H,35,37). The zero-order valence-electron chi connectivity index (χ0n) is 22.5. The molecule has 1 saturated carbocycles. The number of aromatic amines is 1. The molecule has 13 heteroatoms. The van der Waals surface area contributed by atoms with E-state index in [2.05, 4.69) is 20.4 Å². The van der Waals surface area contributed by atoms with E-state index in [1.54, 1.807) is 48.1 Å². The minimum absolute atomic E-state index is 0.00631. The van der Waals surface area contributed by atoms with E-state index < -0.39 is 41.8 Å². The number of alkyl halides is 5. The molecule has 0 unspecified atom stereocenters. The highest BCUT2D eigenvalue weighted by molar-refractivity contribution is 6.10. The number of hydrogen-bond donors (Lipinski definition) is 1. The molecule has 1 N–H and O–H groups in total. The highest BCUT2D eigenvalue weighted by Crippen LogP contribution is 2.55. The van der Waals surface area contributed by atoms with Crippen LogP contribution < -0.4 is 4.90 Å². The monoisotopic (exact) mass is 583 g/mol. The predicted octanol–water partition coefficient (Wildman–Crippen LogP) is 5.14. The third kappa shape index (κ3) is 4.46. The van der Waals surface area contributed by atoms with E-state index in [0.717, 1.165) is 17.3 Å². The second-order valence-corrected chi connectivity index (χ2v) is 11.6. The van der Waals surface area contributed by atoms with Crippen molar-refractivity contribution < 1.29 is 26.7 Å². The maximum atomic E-state index is 14.3. The predicted molar refractivity (Wildman–Crippen MR) is 141 cm³/mol. The normalized spacial score (nSPS) is 19.2. The van der Waals surface area contributed by atoms with Crippen LogP contribution in [0.15, 0.2) is 48.9 Å². The molecule has 2 aliphatic heterocycles. The summed E-state index contributed by atoms with van der Waals surface area (Å²) in [6.45, 7) is 1.01. The van der Waals surface area contributed by atoms with Crippen LogP contribution in [0.1, 0.15) is 62.5 Å². The maximum Gasteiger partial charge on any atom is 0.416 e. The average Bonchev–Trinajstić information content (AvgIpc) is 3.67. The van der Waals surface area contributed by atoms with Crippen molar-refractivity contribution in [2.24, 2.45) is 7.05 Å². The summed E-state index contributed by atoms with van der Waals surface area (Å²) in [5, 5.41) is 14.9. The number of carbonyl (C=O) groups is 1. The highest BCUT2D eigenvalue weighted by Gasteiger charge is 2.57. The molecule has 0 spiro atoms. The topological polar surface area (TPSA) is 82.9 Å². The van der Waals surface area contributed by atoms with Crippen molar-refractivity contribution in [3.8, 4) is 0 Å². The summed E-state index contributed by atoms with van der Waals surface area (Å²) in [6.07, 6.45) is -1.97. The number of anilines is 1. The van der Waals surface area contributed by atoms with Crippen LogP contribution in [0.3, 0.4) is 0 Å². The first kappa shape index (κ1) is 26.7. The summed E-state index contributed by atoms with van der Waals surface area (Å²) < 4.78 is 73.0. The molecule has 218 valence electrons. The van der Waals surface area contributed by atoms with Crippen LogP contribution in [0.5, 0.6) is 0 Å². The van der Waals surface area contributed by atoms with Gasteiger partial charge in [0.15, 0.2) is 0 Å². The van der Waals surface area contributed by atoms with E-state index in [4.69, 9.17) is 0 Å². The van der Waals surface area contributed by atoms with E-state index in [9.17, 15) is 26.7 Å². The first-order chi connectivity index (χ1) is 19.9. The number of aryl methyl sites for hydroxylation is 1. The van der Waals surface area contributed by atoms with Gasteiger partial charge in [-0.15, -0.1) is 10.2 Å². The van der Waals surface area contributed by atoms with Crippen molar-refractivity contribution in [1.82, 2.24) is 29.9 Å². The molecule has 1 aliphatic carbocycles. The summed E-state index contributed by atoms with van der Waals surface area (Å²) in [4.78, 5) is 16.9. The molecule has 0 radical (unpaired) electrons. The lowest BCUT2D eigenvalue weighted by molar-refractivity contribution is -0.138. The molecule has 0 bridgehead atoms. The molecule has 0 saturated heterocycles. The van der Waals surface area contributed by atoms with Crippen LogP contribution in [0.2, 0.25) is 0 Å². The Bertz CT molecular complexity index is 1680. The number of nitrogens with one attached hydrogen (secondary N) is 1. The van der Waals surface area contributed by atoms with Gasteiger partial charge in [-0.3, -0.25) is 14.8 Å². The number of aromatic nitrogens is 5. The Balaban J connectivity index is 1.20. The molecule has 42 heavy (non-hydrogen) atoms. The fraction of sp³-hybridized carbons (Fsp3) is 0.379. The number of fused-ring (bicyclic) bond motifs is 2. The quantitative estimate of drug-likeness (QED) is 0.318. The van der Waals surface area contributed by atoms with Gasteiger partial charge in [-0.25, -0.2) is 8.78 Å². The van der Waals surface area contributed by atoms with Crippen LogP contribution in [0, 0.1) is 0 Å². The molecule has 1 amide bonds. The van der Waals surface area contributed by atoms with Crippen molar-refractivity contribution >= 4 is 11.6 Å². The molecular weight excluding hydrogens is 557 g/mol. The Morgan fingerprint density at radius 2 is 1.88 bits per heavy atom. The Hall–Kier alpha value is -4.13. The summed E-state index contributed by atoms with van der Waals surface area (Å²) in [5.41, 5.74) is 1.33. The molecule has 7 rings (SSSR count). The van der Waals surface area contributed by atoms with Gasteiger partial charge >= 0.3 is 6.18 Å². The van der Waals surface area contributed by atoms with Crippen molar-refractivity contribution in [1.29, 1.82) is 0 Å². The fourth-order valence-electron chi connectivity index (χ4n) is 6.66. The zero-order chi connectivity index (χ0) is 29.4. The molecule has 8 nitrogen and oxygen atoms in total. The van der Waals surface area contributed by atoms with Crippen LogP contribution in [-0.4, -0.2) is 41.7 Å². The second-order valence-electron chi connectivity index (χ2n) is 11.6. The Morgan fingerprint density at radius 1 is 1.07 bits per heavy atom. The number of rotatable bonds is 6. The number of halogens is 5. The SMILES string of the molecule is Cn1cnnc1CC1(c2cccc(N3Cc4c(cc(CN5Cc6c[nH]nc6C5)cc4C(F)(F)F)C3=O)c2)CC(F)(F)C1. The van der Waals surface area contributed by atoms with Crippen LogP contribution >= 0.6 is 0 Å². The summed E-state index contributed by atoms with van der Waals surface area (Å²) >= 11 is 0. The van der Waals surface area contributed by atoms with E-state index in [1.165, 1.54) is 11.2 Å². The number of nitrogens with zero attached hydrogens (tertiary/aromatic N) is 6. The smallest absolute Gasteiger partial charge is 0.321 e. The van der Waals surface area contributed by atoms with Gasteiger partial charge in [0.05, 0.1) is 17.8 Å². The Labute approximate surface area is 237 Å². The van der Waals surface area contributed by atoms with Gasteiger partial charge in [0.1, 0.15) is 12.2 Å². The summed E-state index contributed by atoms with van der Waals surface area (Å²) in [6, 6.07) is 9.32. The van der Waals surface area contributed by atoms with Gasteiger partial charge in [-0.1, -0.05) is 12.1 Å². The van der Waals surface area contributed by atoms with Crippen LogP contribution in [0.4, 0.5) is 27.6 Å². The third-order valence-electron chi connectivity index (χ3n) is 8.66. The van der Waals surface area contributed by atoms with Gasteiger partial charge in [0.25, 0.3) is 5.91 Å². The summed E-state index contributed by atoms with van der Waals surface area (Å²) in [5.74, 6) is -2.85. The maximum absolute atomic E-state index is 14.3. The zero-order valence-corrected chi connectivity index (χ0v) is 22.5. The third-order valence-corrected chi connectivity index (χ3v) is 8.66. The van der Waals surface area contributed by atoms with Crippen LogP contribution in [0.25, 0.3) is 0 Å². The molecule has 3 aliphatic rings. The van der Waals surface area contributed by atoms with Gasteiger partial charge in [-0.2, -0.15) is 18.3 Å². The molecule has 2 aromatic heterocycles. The average molecular weight is 584 g/mol. The first-order valence-electron chi connectivity index (χ1n) is 13.5. The largest absolute Gasteiger partial charge is 0.416 e. The minimum atomic E-state index is -4.66. The molecule has 0 atom stereocenters. The van der Waals surface area contributed by atoms with E-state index >= 15 is 0 Å². The van der Waals surface area contributed by atoms with Gasteiger partial charge in [0, 0.05) is 74.4 Å². The Morgan fingerprint density at radius 3 is 2.57 bits per heavy atom. The fourth-order valence-corrected chi connectivity index (χ4v) is 6.66. The molecule has 4 heterocycles. The van der Waals surface area contributed by atoms with Gasteiger partial charge in [0.2, 0.25) is 5.92 Å². The first-order valence-corrected chi connectivity index (χ1v) is 13.5. The number of benzene rings is 2. The van der Waals surface area contributed by atoms with Crippen molar-refractivity contribution in [2.75, 3.05) is 4.90 Å². The van der Waals surface area contributed by atoms with E-state index in [0.29, 0.717) is 35.7 Å². The molecule has 1 fully saturated rings. The lowest BCUT2D eigenvalue weighted by atomic mass is 9.60. The van der Waals surface area contributed by atoms with Gasteiger partial charge in [-0.05, 0) is 41.0 Å². The number of H-pyrrole nitrogens is 1. The van der Waals surface area contributed by atoms with Crippen LogP contribution in [-0.2, 0) is 51.2 Å². The van der Waals surface area contributed by atoms with Gasteiger partial charge < -0.3 is 9.47 Å². The molecular formula is C29H26F5N7O. The molecule has 4 aromatic rings. The van der Waals surface area contributed by atoms with E-state index in [1.807, 2.05) is 4.90 Å². The van der Waals surface area contributed by atoms with Crippen molar-refractivity contribution in [3.05, 3.63) is 93.8 Å². The minimum Gasteiger partial charge on any atom is -0.321 e. The molecule has 2 aromatic carbocycles. The summed E-state index contributed by atoms with van der Waals surface area (Å²) in [7, 11) is 1.74. The van der Waals surface area contributed by atoms with Crippen molar-refractivity contribution in [2.45, 2.75) is 63.0 Å². The lowest BCUT2D eigenvalue weighted by Crippen LogP contribution is -2.51.